The van der Waals surface area contributed by atoms with Crippen molar-refractivity contribution in [2.24, 2.45) is 5.16 Å². The number of anilines is 1. The quantitative estimate of drug-likeness (QED) is 0.208. The fraction of sp³-hybridized carbons (Fsp3) is 0.211. The summed E-state index contributed by atoms with van der Waals surface area (Å²) >= 11 is 3.58. The summed E-state index contributed by atoms with van der Waals surface area (Å²) in [4.78, 5) is 52.1. The zero-order chi connectivity index (χ0) is 25.4. The fourth-order valence-electron chi connectivity index (χ4n) is 3.63. The molecular weight excluding hydrogens is 535 g/mol. The number of thioether (sulfide) groups is 1. The number of β-lactam (4-membered cyclic amide) rings is 1. The van der Waals surface area contributed by atoms with E-state index in [1.807, 2.05) is 9.78 Å². The molecule has 3 aromatic rings. The van der Waals surface area contributed by atoms with E-state index < -0.39 is 41.8 Å². The predicted octanol–water partition coefficient (Wildman–Crippen LogP) is 0.929. The minimum atomic E-state index is -1.30. The van der Waals surface area contributed by atoms with Crippen LogP contribution in [0.25, 0.3) is 10.9 Å². The molecule has 17 heteroatoms. The SMILES string of the molecule is Nc1nc(/C(=N/OCF)C(=O)N[C@@H]2C(=O)N3C(C(=O)O)=C(C=Cc4csc5cncn45)CS[C@H]23)ns1. The van der Waals surface area contributed by atoms with Crippen molar-refractivity contribution < 1.29 is 28.7 Å². The number of carboxylic acids is 1. The van der Waals surface area contributed by atoms with E-state index in [2.05, 4.69) is 29.7 Å². The average molecular weight is 551 g/mol. The summed E-state index contributed by atoms with van der Waals surface area (Å²) < 4.78 is 18.2. The maximum absolute atomic E-state index is 12.9. The van der Waals surface area contributed by atoms with Crippen molar-refractivity contribution in [3.8, 4) is 0 Å². The Kier molecular flexibility index (Phi) is 6.42. The number of halogens is 1. The highest BCUT2D eigenvalue weighted by atomic mass is 32.2. The lowest BCUT2D eigenvalue weighted by molar-refractivity contribution is -0.150. The summed E-state index contributed by atoms with van der Waals surface area (Å²) in [5.74, 6) is -2.69. The second-order valence-corrected chi connectivity index (χ2v) is 10.0. The fourth-order valence-corrected chi connectivity index (χ4v) is 6.21. The number of hydrogen-bond donors (Lipinski definition) is 3. The Balaban J connectivity index is 1.36. The van der Waals surface area contributed by atoms with Gasteiger partial charge in [0.1, 0.15) is 28.3 Å². The molecule has 0 aromatic carbocycles. The number of hydrogen-bond acceptors (Lipinski definition) is 12. The largest absolute Gasteiger partial charge is 0.477 e. The number of nitrogen functional groups attached to an aromatic ring is 1. The maximum atomic E-state index is 12.9. The number of allylic oxidation sites excluding steroid dienone is 1. The molecule has 0 spiro atoms. The number of fused-ring (bicyclic) bond motifs is 2. The van der Waals surface area contributed by atoms with Gasteiger partial charge in [-0.3, -0.25) is 18.9 Å². The van der Waals surface area contributed by atoms with Crippen LogP contribution in [0.5, 0.6) is 0 Å². The third-order valence-corrected chi connectivity index (χ3v) is 7.95. The number of carbonyl (C=O) groups excluding carboxylic acids is 2. The lowest BCUT2D eigenvalue weighted by Crippen LogP contribution is -2.71. The molecule has 0 aliphatic carbocycles. The summed E-state index contributed by atoms with van der Waals surface area (Å²) in [6.07, 6.45) is 6.79. The van der Waals surface area contributed by atoms with Gasteiger partial charge < -0.3 is 21.0 Å². The molecule has 2 atom stereocenters. The number of alkyl halides is 1. The third-order valence-electron chi connectivity index (χ3n) is 5.20. The van der Waals surface area contributed by atoms with E-state index in [1.54, 1.807) is 24.7 Å². The zero-order valence-electron chi connectivity index (χ0n) is 17.9. The van der Waals surface area contributed by atoms with Gasteiger partial charge in [-0.05, 0) is 11.6 Å². The molecule has 0 unspecified atom stereocenters. The number of amides is 2. The number of nitrogens with two attached hydrogens (primary N) is 1. The molecule has 1 saturated heterocycles. The second-order valence-electron chi connectivity index (χ2n) is 7.27. The Labute approximate surface area is 213 Å². The molecule has 0 saturated carbocycles. The van der Waals surface area contributed by atoms with Crippen molar-refractivity contribution in [1.82, 2.24) is 29.0 Å². The number of rotatable bonds is 8. The van der Waals surface area contributed by atoms with Crippen molar-refractivity contribution in [3.63, 3.8) is 0 Å². The molecule has 1 fully saturated rings. The summed E-state index contributed by atoms with van der Waals surface area (Å²) in [7, 11) is 0. The van der Waals surface area contributed by atoms with Gasteiger partial charge in [-0.15, -0.1) is 23.1 Å². The van der Waals surface area contributed by atoms with Gasteiger partial charge in [-0.1, -0.05) is 11.2 Å². The summed E-state index contributed by atoms with van der Waals surface area (Å²) in [6, 6.07) is -1.05. The molecular formula is C19H15FN8O5S3. The summed E-state index contributed by atoms with van der Waals surface area (Å²) in [5, 5.41) is 17.0. The highest BCUT2D eigenvalue weighted by Crippen LogP contribution is 2.41. The molecule has 3 aromatic heterocycles. The lowest BCUT2D eigenvalue weighted by Gasteiger charge is -2.49. The molecule has 4 N–H and O–H groups in total. The Morgan fingerprint density at radius 2 is 2.25 bits per heavy atom. The van der Waals surface area contributed by atoms with E-state index in [0.29, 0.717) is 5.57 Å². The topological polar surface area (TPSA) is 177 Å². The van der Waals surface area contributed by atoms with Crippen molar-refractivity contribution >= 4 is 74.2 Å². The van der Waals surface area contributed by atoms with E-state index in [9.17, 15) is 23.9 Å². The van der Waals surface area contributed by atoms with Gasteiger partial charge in [0, 0.05) is 22.7 Å². The van der Waals surface area contributed by atoms with Gasteiger partial charge in [0.25, 0.3) is 18.7 Å². The maximum Gasteiger partial charge on any atom is 0.352 e. The molecule has 2 aliphatic heterocycles. The van der Waals surface area contributed by atoms with Crippen molar-refractivity contribution in [3.05, 3.63) is 46.8 Å². The van der Waals surface area contributed by atoms with Crippen LogP contribution in [0.15, 0.2) is 40.4 Å². The highest BCUT2D eigenvalue weighted by molar-refractivity contribution is 8.00. The van der Waals surface area contributed by atoms with Crippen molar-refractivity contribution in [2.45, 2.75) is 11.4 Å². The Bertz CT molecular complexity index is 1460. The number of oxime groups is 1. The molecule has 13 nitrogen and oxygen atoms in total. The van der Waals surface area contributed by atoms with E-state index in [-0.39, 0.29) is 22.4 Å². The van der Waals surface area contributed by atoms with Gasteiger partial charge in [0.2, 0.25) is 11.5 Å². The molecule has 5 rings (SSSR count). The van der Waals surface area contributed by atoms with Crippen LogP contribution in [0.3, 0.4) is 0 Å². The number of aliphatic carboxylic acids is 1. The molecule has 0 radical (unpaired) electrons. The van der Waals surface area contributed by atoms with Crippen LogP contribution in [0.4, 0.5) is 9.52 Å². The number of carbonyl (C=O) groups is 3. The van der Waals surface area contributed by atoms with Crippen LogP contribution >= 0.6 is 34.6 Å². The Hall–Kier alpha value is -3.83. The average Bonchev–Trinajstić information content (AvgIpc) is 3.59. The van der Waals surface area contributed by atoms with Crippen LogP contribution in [-0.4, -0.2) is 76.3 Å². The normalized spacial score (nSPS) is 20.1. The third kappa shape index (κ3) is 4.20. The minimum absolute atomic E-state index is 0.0486. The molecule has 2 amide bonds. The number of thiazole rings is 1. The summed E-state index contributed by atoms with van der Waals surface area (Å²) in [6.45, 7) is -1.30. The van der Waals surface area contributed by atoms with E-state index in [1.165, 1.54) is 23.1 Å². The molecule has 2 aliphatic rings. The number of nitrogens with zero attached hydrogens (tertiary/aromatic N) is 6. The van der Waals surface area contributed by atoms with Gasteiger partial charge in [-0.2, -0.15) is 9.36 Å². The van der Waals surface area contributed by atoms with Gasteiger partial charge in [0.05, 0.1) is 11.9 Å². The summed E-state index contributed by atoms with van der Waals surface area (Å²) in [5.41, 5.74) is 6.17. The van der Waals surface area contributed by atoms with Gasteiger partial charge in [-0.25, -0.2) is 14.2 Å². The Morgan fingerprint density at radius 1 is 1.42 bits per heavy atom. The van der Waals surface area contributed by atoms with Crippen LogP contribution in [-0.2, 0) is 19.2 Å². The van der Waals surface area contributed by atoms with Crippen LogP contribution in [0, 0.1) is 0 Å². The van der Waals surface area contributed by atoms with E-state index in [4.69, 9.17) is 5.73 Å². The smallest absolute Gasteiger partial charge is 0.352 e. The van der Waals surface area contributed by atoms with E-state index >= 15 is 0 Å². The number of aromatic nitrogens is 4. The minimum Gasteiger partial charge on any atom is -0.477 e. The first-order valence-corrected chi connectivity index (χ1v) is 12.7. The first-order valence-electron chi connectivity index (χ1n) is 10.0. The second kappa shape index (κ2) is 9.67. The zero-order valence-corrected chi connectivity index (χ0v) is 20.3. The highest BCUT2D eigenvalue weighted by Gasteiger charge is 2.54. The number of carboxylic acid groups (broad SMARTS) is 1. The predicted molar refractivity (Wildman–Crippen MR) is 130 cm³/mol. The van der Waals surface area contributed by atoms with Crippen LogP contribution < -0.4 is 11.1 Å². The van der Waals surface area contributed by atoms with Crippen molar-refractivity contribution in [2.75, 3.05) is 18.3 Å². The first kappa shape index (κ1) is 23.9. The van der Waals surface area contributed by atoms with Crippen molar-refractivity contribution in [1.29, 1.82) is 0 Å². The number of nitrogens with one attached hydrogen (secondary N) is 1. The van der Waals surface area contributed by atoms with E-state index in [0.717, 1.165) is 27.0 Å². The molecule has 186 valence electrons. The van der Waals surface area contributed by atoms with Crippen LogP contribution in [0.2, 0.25) is 0 Å². The molecule has 5 heterocycles. The van der Waals surface area contributed by atoms with Gasteiger partial charge >= 0.3 is 5.97 Å². The van der Waals surface area contributed by atoms with Gasteiger partial charge in [0.15, 0.2) is 5.13 Å². The van der Waals surface area contributed by atoms with Crippen LogP contribution in [0.1, 0.15) is 11.5 Å². The molecule has 36 heavy (non-hydrogen) atoms. The monoisotopic (exact) mass is 550 g/mol. The standard InChI is InChI=1S/C19H15FN8O5S3/c20-6-33-25-11(14-24-19(21)36-26-14)15(29)23-12-16(30)28-13(18(31)32)8(4-35-17(12)28)1-2-9-5-34-10-3-22-7-27(9)10/h1-3,5,7,12,17H,4,6H2,(H,23,29)(H,31,32)(H2,21,24,26)/b2-1?,25-11-/t12-,17-/m1/s1. The Morgan fingerprint density at radius 3 is 2.97 bits per heavy atom. The lowest BCUT2D eigenvalue weighted by atomic mass is 10.0. The molecule has 0 bridgehead atoms. The first-order chi connectivity index (χ1) is 17.4. The number of imidazole rings is 1.